The van der Waals surface area contributed by atoms with Crippen molar-refractivity contribution in [3.05, 3.63) is 29.8 Å². The maximum Gasteiger partial charge on any atom is 0.302 e. The summed E-state index contributed by atoms with van der Waals surface area (Å²) in [6, 6.07) is 7.07. The minimum Gasteiger partial charge on any atom is -0.494 e. The fourth-order valence-electron chi connectivity index (χ4n) is 1.61. The zero-order valence-electron chi connectivity index (χ0n) is 11.3. The maximum absolute atomic E-state index is 10.5. The normalized spacial score (nSPS) is 9.95. The number of hydrogen-bond donors (Lipinski definition) is 0. The smallest absolute Gasteiger partial charge is 0.302 e. The highest BCUT2D eigenvalue weighted by Gasteiger charge is 1.96. The Hall–Kier alpha value is -1.84. The van der Waals surface area contributed by atoms with Crippen molar-refractivity contribution in [1.82, 2.24) is 0 Å². The average molecular weight is 264 g/mol. The fraction of sp³-hybridized carbons (Fsp3) is 0.467. The van der Waals surface area contributed by atoms with Crippen LogP contribution < -0.4 is 4.74 Å². The van der Waals surface area contributed by atoms with Crippen LogP contribution in [0, 0.1) is 0 Å². The molecule has 0 spiro atoms. The van der Waals surface area contributed by atoms with Gasteiger partial charge in [0.15, 0.2) is 0 Å². The lowest BCUT2D eigenvalue weighted by atomic mass is 10.2. The van der Waals surface area contributed by atoms with Gasteiger partial charge in [0.25, 0.3) is 0 Å². The third-order valence-electron chi connectivity index (χ3n) is 2.63. The van der Waals surface area contributed by atoms with Crippen molar-refractivity contribution in [2.75, 3.05) is 13.2 Å². The van der Waals surface area contributed by atoms with Gasteiger partial charge in [-0.25, -0.2) is 0 Å². The van der Waals surface area contributed by atoms with E-state index in [2.05, 4.69) is 0 Å². The van der Waals surface area contributed by atoms with Gasteiger partial charge in [-0.3, -0.25) is 9.59 Å². The molecular weight excluding hydrogens is 244 g/mol. The van der Waals surface area contributed by atoms with Crippen molar-refractivity contribution in [2.24, 2.45) is 0 Å². The van der Waals surface area contributed by atoms with Crippen molar-refractivity contribution in [3.8, 4) is 5.75 Å². The Morgan fingerprint density at radius 2 is 1.68 bits per heavy atom. The zero-order valence-corrected chi connectivity index (χ0v) is 11.3. The highest BCUT2D eigenvalue weighted by atomic mass is 16.5. The summed E-state index contributed by atoms with van der Waals surface area (Å²) < 4.78 is 10.4. The molecule has 0 amide bonds. The van der Waals surface area contributed by atoms with E-state index in [9.17, 15) is 9.59 Å². The number of hydrogen-bond acceptors (Lipinski definition) is 4. The quantitative estimate of drug-likeness (QED) is 0.391. The van der Waals surface area contributed by atoms with Gasteiger partial charge in [-0.05, 0) is 49.9 Å². The molecule has 0 aromatic heterocycles. The number of benzene rings is 1. The molecule has 0 unspecified atom stereocenters. The molecule has 0 aliphatic heterocycles. The van der Waals surface area contributed by atoms with Crippen molar-refractivity contribution < 1.29 is 19.1 Å². The van der Waals surface area contributed by atoms with E-state index in [1.807, 2.05) is 0 Å². The first kappa shape index (κ1) is 15.2. The van der Waals surface area contributed by atoms with E-state index in [4.69, 9.17) is 9.47 Å². The van der Waals surface area contributed by atoms with Crippen molar-refractivity contribution in [2.45, 2.75) is 32.6 Å². The lowest BCUT2D eigenvalue weighted by Gasteiger charge is -2.06. The minimum absolute atomic E-state index is 0.220. The van der Waals surface area contributed by atoms with Gasteiger partial charge >= 0.3 is 5.97 Å². The van der Waals surface area contributed by atoms with Crippen molar-refractivity contribution >= 4 is 12.3 Å². The summed E-state index contributed by atoms with van der Waals surface area (Å²) in [5, 5.41) is 0. The molecule has 104 valence electrons. The van der Waals surface area contributed by atoms with Crippen LogP contribution in [0.1, 0.15) is 43.0 Å². The second kappa shape index (κ2) is 9.14. The molecule has 1 aromatic carbocycles. The molecule has 19 heavy (non-hydrogen) atoms. The summed E-state index contributed by atoms with van der Waals surface area (Å²) in [6.07, 6.45) is 4.75. The van der Waals surface area contributed by atoms with Crippen molar-refractivity contribution in [3.63, 3.8) is 0 Å². The standard InChI is InChI=1S/C15H20O4/c1-13(17)18-10-4-2-3-5-11-19-15-8-6-14(12-16)7-9-15/h6-9,12H,2-5,10-11H2,1H3. The van der Waals surface area contributed by atoms with Gasteiger partial charge < -0.3 is 9.47 Å². The molecule has 0 bridgehead atoms. The molecule has 0 N–H and O–H groups in total. The Labute approximate surface area is 113 Å². The zero-order chi connectivity index (χ0) is 13.9. The second-order valence-electron chi connectivity index (χ2n) is 4.29. The first-order valence-corrected chi connectivity index (χ1v) is 6.54. The fourth-order valence-corrected chi connectivity index (χ4v) is 1.61. The first-order chi connectivity index (χ1) is 9.22. The molecule has 4 heteroatoms. The van der Waals surface area contributed by atoms with Gasteiger partial charge in [0, 0.05) is 12.5 Å². The van der Waals surface area contributed by atoms with Crippen molar-refractivity contribution in [1.29, 1.82) is 0 Å². The summed E-state index contributed by atoms with van der Waals surface area (Å²) in [7, 11) is 0. The number of carbonyl (C=O) groups is 2. The number of aldehydes is 1. The molecule has 0 aliphatic carbocycles. The second-order valence-corrected chi connectivity index (χ2v) is 4.29. The van der Waals surface area contributed by atoms with E-state index >= 15 is 0 Å². The molecule has 4 nitrogen and oxygen atoms in total. The number of carbonyl (C=O) groups excluding carboxylic acids is 2. The summed E-state index contributed by atoms with van der Waals surface area (Å²) >= 11 is 0. The molecule has 0 aliphatic rings. The predicted molar refractivity (Wildman–Crippen MR) is 72.4 cm³/mol. The summed E-state index contributed by atoms with van der Waals surface area (Å²) in [4.78, 5) is 21.0. The average Bonchev–Trinajstić information content (AvgIpc) is 2.42. The molecule has 1 rings (SSSR count). The lowest BCUT2D eigenvalue weighted by molar-refractivity contribution is -0.141. The molecule has 0 atom stereocenters. The predicted octanol–water partition coefficient (Wildman–Crippen LogP) is 3.00. The SMILES string of the molecule is CC(=O)OCCCCCCOc1ccc(C=O)cc1. The minimum atomic E-state index is -0.220. The van der Waals surface area contributed by atoms with Crippen LogP contribution in [0.15, 0.2) is 24.3 Å². The van der Waals surface area contributed by atoms with Gasteiger partial charge in [0.1, 0.15) is 12.0 Å². The number of unbranched alkanes of at least 4 members (excludes halogenated alkanes) is 3. The maximum atomic E-state index is 10.5. The summed E-state index contributed by atoms with van der Waals surface area (Å²) in [5.41, 5.74) is 0.651. The van der Waals surface area contributed by atoms with Crippen LogP contribution in [-0.2, 0) is 9.53 Å². The van der Waals surface area contributed by atoms with Crippen LogP contribution in [0.4, 0.5) is 0 Å². The topological polar surface area (TPSA) is 52.6 Å². The first-order valence-electron chi connectivity index (χ1n) is 6.54. The van der Waals surface area contributed by atoms with Gasteiger partial charge in [-0.15, -0.1) is 0 Å². The van der Waals surface area contributed by atoms with Gasteiger partial charge in [-0.2, -0.15) is 0 Å². The third-order valence-corrected chi connectivity index (χ3v) is 2.63. The van der Waals surface area contributed by atoms with E-state index in [0.29, 0.717) is 18.8 Å². The van der Waals surface area contributed by atoms with E-state index in [-0.39, 0.29) is 5.97 Å². The molecule has 1 aromatic rings. The van der Waals surface area contributed by atoms with E-state index in [1.165, 1.54) is 6.92 Å². The molecule has 0 saturated carbocycles. The van der Waals surface area contributed by atoms with E-state index in [0.717, 1.165) is 37.7 Å². The summed E-state index contributed by atoms with van der Waals surface area (Å²) in [6.45, 7) is 2.58. The van der Waals surface area contributed by atoms with Crippen LogP contribution in [0.3, 0.4) is 0 Å². The molecule has 0 radical (unpaired) electrons. The Bertz CT molecular complexity index is 384. The highest BCUT2D eigenvalue weighted by molar-refractivity contribution is 5.74. The van der Waals surface area contributed by atoms with Crippen LogP contribution in [0.25, 0.3) is 0 Å². The van der Waals surface area contributed by atoms with Gasteiger partial charge in [0.2, 0.25) is 0 Å². The monoisotopic (exact) mass is 264 g/mol. The van der Waals surface area contributed by atoms with Crippen LogP contribution in [0.2, 0.25) is 0 Å². The molecular formula is C15H20O4. The Kier molecular flexibility index (Phi) is 7.32. The van der Waals surface area contributed by atoms with Gasteiger partial charge in [0.05, 0.1) is 13.2 Å². The Morgan fingerprint density at radius 1 is 1.05 bits per heavy atom. The Morgan fingerprint density at radius 3 is 2.26 bits per heavy atom. The van der Waals surface area contributed by atoms with Gasteiger partial charge in [-0.1, -0.05) is 0 Å². The largest absolute Gasteiger partial charge is 0.494 e. The molecule has 0 saturated heterocycles. The number of ether oxygens (including phenoxy) is 2. The third kappa shape index (κ3) is 7.24. The van der Waals surface area contributed by atoms with E-state index < -0.39 is 0 Å². The van der Waals surface area contributed by atoms with Crippen LogP contribution >= 0.6 is 0 Å². The molecule has 0 fully saturated rings. The van der Waals surface area contributed by atoms with E-state index in [1.54, 1.807) is 24.3 Å². The Balaban J connectivity index is 2.01. The number of rotatable bonds is 9. The molecule has 0 heterocycles. The van der Waals surface area contributed by atoms with Crippen LogP contribution in [-0.4, -0.2) is 25.5 Å². The summed E-state index contributed by atoms with van der Waals surface area (Å²) in [5.74, 6) is 0.563. The number of esters is 1. The van der Waals surface area contributed by atoms with Crippen LogP contribution in [0.5, 0.6) is 5.75 Å². The lowest BCUT2D eigenvalue weighted by Crippen LogP contribution is -2.01. The highest BCUT2D eigenvalue weighted by Crippen LogP contribution is 2.12.